The second kappa shape index (κ2) is 7.11. The molecule has 1 N–H and O–H groups in total. The molecule has 2 rings (SSSR count). The van der Waals surface area contributed by atoms with Gasteiger partial charge in [-0.3, -0.25) is 0 Å². The van der Waals surface area contributed by atoms with Crippen molar-refractivity contribution in [3.8, 4) is 11.8 Å². The summed E-state index contributed by atoms with van der Waals surface area (Å²) in [6, 6.07) is 8.01. The quantitative estimate of drug-likeness (QED) is 0.857. The Morgan fingerprint density at radius 2 is 2.05 bits per heavy atom. The van der Waals surface area contributed by atoms with Crippen LogP contribution in [-0.4, -0.2) is 17.8 Å². The van der Waals surface area contributed by atoms with Gasteiger partial charge in [-0.2, -0.15) is 0 Å². The smallest absolute Gasteiger partial charge is 0.104 e. The van der Waals surface area contributed by atoms with E-state index < -0.39 is 0 Å². The van der Waals surface area contributed by atoms with Gasteiger partial charge in [0.15, 0.2) is 0 Å². The topological polar surface area (TPSA) is 29.5 Å². The van der Waals surface area contributed by atoms with Crippen molar-refractivity contribution in [2.24, 2.45) is 11.3 Å². The molecule has 0 radical (unpaired) electrons. The van der Waals surface area contributed by atoms with Gasteiger partial charge < -0.3 is 9.84 Å². The Kier molecular flexibility index (Phi) is 5.45. The number of aliphatic hydroxyl groups excluding tert-OH is 1. The molecule has 1 aliphatic rings. The van der Waals surface area contributed by atoms with Crippen LogP contribution in [0.25, 0.3) is 0 Å². The van der Waals surface area contributed by atoms with Crippen molar-refractivity contribution in [3.05, 3.63) is 35.4 Å². The molecule has 2 unspecified atom stereocenters. The van der Waals surface area contributed by atoms with E-state index in [1.54, 1.807) is 0 Å². The minimum absolute atomic E-state index is 0.108. The molecule has 0 heterocycles. The lowest BCUT2D eigenvalue weighted by Gasteiger charge is -2.38. The molecule has 0 aliphatic heterocycles. The Hall–Kier alpha value is -1.30. The van der Waals surface area contributed by atoms with Crippen LogP contribution in [0.3, 0.4) is 0 Å². The van der Waals surface area contributed by atoms with Gasteiger partial charge in [-0.1, -0.05) is 50.8 Å². The molecule has 1 aliphatic carbocycles. The average molecular weight is 286 g/mol. The zero-order valence-corrected chi connectivity index (χ0v) is 13.4. The molecular weight excluding hydrogens is 260 g/mol. The van der Waals surface area contributed by atoms with Crippen LogP contribution in [0.5, 0.6) is 0 Å². The standard InChI is InChI=1S/C19H26O2/c1-15-11-18(13-19(2,3)12-15)21-14-17-8-5-4-7-16(17)9-6-10-20/h4-5,7-8,15,18,20H,10-14H2,1-3H3. The minimum atomic E-state index is -0.108. The first-order valence-electron chi connectivity index (χ1n) is 7.79. The molecule has 1 aromatic rings. The molecule has 0 spiro atoms. The molecule has 0 amide bonds. The van der Waals surface area contributed by atoms with Crippen LogP contribution in [0.15, 0.2) is 24.3 Å². The van der Waals surface area contributed by atoms with E-state index in [1.807, 2.05) is 18.2 Å². The van der Waals surface area contributed by atoms with Gasteiger partial charge in [-0.05, 0) is 42.2 Å². The van der Waals surface area contributed by atoms with Crippen molar-refractivity contribution < 1.29 is 9.84 Å². The predicted octanol–water partition coefficient (Wildman–Crippen LogP) is 3.76. The molecular formula is C19H26O2. The van der Waals surface area contributed by atoms with Crippen molar-refractivity contribution in [1.29, 1.82) is 0 Å². The van der Waals surface area contributed by atoms with E-state index in [9.17, 15) is 0 Å². The van der Waals surface area contributed by atoms with Crippen LogP contribution in [0.1, 0.15) is 51.2 Å². The molecule has 1 saturated carbocycles. The van der Waals surface area contributed by atoms with Crippen molar-refractivity contribution in [3.63, 3.8) is 0 Å². The lowest BCUT2D eigenvalue weighted by atomic mass is 9.71. The highest BCUT2D eigenvalue weighted by Crippen LogP contribution is 2.39. The Balaban J connectivity index is 2.00. The van der Waals surface area contributed by atoms with Gasteiger partial charge in [0, 0.05) is 5.56 Å². The number of ether oxygens (including phenoxy) is 1. The van der Waals surface area contributed by atoms with Gasteiger partial charge in [0.1, 0.15) is 6.61 Å². The number of aliphatic hydroxyl groups is 1. The maximum atomic E-state index is 8.83. The third kappa shape index (κ3) is 4.88. The Bertz CT molecular complexity index is 522. The average Bonchev–Trinajstić information content (AvgIpc) is 2.41. The summed E-state index contributed by atoms with van der Waals surface area (Å²) in [6.07, 6.45) is 3.89. The Morgan fingerprint density at radius 1 is 1.29 bits per heavy atom. The fourth-order valence-corrected chi connectivity index (χ4v) is 3.50. The predicted molar refractivity (Wildman–Crippen MR) is 85.8 cm³/mol. The Morgan fingerprint density at radius 3 is 2.76 bits per heavy atom. The number of benzene rings is 1. The second-order valence-electron chi connectivity index (χ2n) is 6.96. The van der Waals surface area contributed by atoms with Crippen LogP contribution >= 0.6 is 0 Å². The maximum absolute atomic E-state index is 8.83. The number of hydrogen-bond acceptors (Lipinski definition) is 2. The lowest BCUT2D eigenvalue weighted by molar-refractivity contribution is -0.0316. The van der Waals surface area contributed by atoms with Crippen molar-refractivity contribution >= 4 is 0 Å². The third-order valence-electron chi connectivity index (χ3n) is 4.14. The molecule has 1 fully saturated rings. The first kappa shape index (κ1) is 16.1. The van der Waals surface area contributed by atoms with Crippen molar-refractivity contribution in [2.75, 3.05) is 6.61 Å². The van der Waals surface area contributed by atoms with E-state index in [2.05, 4.69) is 38.7 Å². The highest BCUT2D eigenvalue weighted by molar-refractivity contribution is 5.41. The molecule has 0 bridgehead atoms. The highest BCUT2D eigenvalue weighted by atomic mass is 16.5. The van der Waals surface area contributed by atoms with E-state index in [0.29, 0.717) is 18.1 Å². The number of hydrogen-bond donors (Lipinski definition) is 1. The van der Waals surface area contributed by atoms with E-state index >= 15 is 0 Å². The van der Waals surface area contributed by atoms with Crippen LogP contribution in [0, 0.1) is 23.2 Å². The third-order valence-corrected chi connectivity index (χ3v) is 4.14. The summed E-state index contributed by atoms with van der Waals surface area (Å²) in [5, 5.41) is 8.83. The van der Waals surface area contributed by atoms with Gasteiger partial charge in [-0.15, -0.1) is 0 Å². The van der Waals surface area contributed by atoms with Crippen LogP contribution < -0.4 is 0 Å². The summed E-state index contributed by atoms with van der Waals surface area (Å²) in [7, 11) is 0. The molecule has 114 valence electrons. The molecule has 21 heavy (non-hydrogen) atoms. The summed E-state index contributed by atoms with van der Waals surface area (Å²) in [5.41, 5.74) is 2.43. The second-order valence-corrected chi connectivity index (χ2v) is 6.96. The minimum Gasteiger partial charge on any atom is -0.384 e. The van der Waals surface area contributed by atoms with Gasteiger partial charge in [-0.25, -0.2) is 0 Å². The Labute approximate surface area is 128 Å². The summed E-state index contributed by atoms with van der Waals surface area (Å²) in [4.78, 5) is 0. The monoisotopic (exact) mass is 286 g/mol. The van der Waals surface area contributed by atoms with Gasteiger partial charge in [0.2, 0.25) is 0 Å². The molecule has 2 atom stereocenters. The summed E-state index contributed by atoms with van der Waals surface area (Å²) in [5.74, 6) is 6.43. The van der Waals surface area contributed by atoms with Crippen molar-refractivity contribution in [1.82, 2.24) is 0 Å². The summed E-state index contributed by atoms with van der Waals surface area (Å²) >= 11 is 0. The number of rotatable bonds is 3. The van der Waals surface area contributed by atoms with Crippen LogP contribution in [0.4, 0.5) is 0 Å². The van der Waals surface area contributed by atoms with Crippen LogP contribution in [-0.2, 0) is 11.3 Å². The normalized spacial score (nSPS) is 24.2. The van der Waals surface area contributed by atoms with E-state index in [1.165, 1.54) is 6.42 Å². The summed E-state index contributed by atoms with van der Waals surface area (Å²) < 4.78 is 6.17. The summed E-state index contributed by atoms with van der Waals surface area (Å²) in [6.45, 7) is 7.48. The van der Waals surface area contributed by atoms with Gasteiger partial charge in [0.25, 0.3) is 0 Å². The van der Waals surface area contributed by atoms with Crippen molar-refractivity contribution in [2.45, 2.75) is 52.7 Å². The molecule has 1 aromatic carbocycles. The highest BCUT2D eigenvalue weighted by Gasteiger charge is 2.32. The molecule has 0 saturated heterocycles. The molecule has 0 aromatic heterocycles. The maximum Gasteiger partial charge on any atom is 0.104 e. The van der Waals surface area contributed by atoms with E-state index in [-0.39, 0.29) is 6.61 Å². The zero-order valence-electron chi connectivity index (χ0n) is 13.4. The molecule has 2 heteroatoms. The lowest BCUT2D eigenvalue weighted by Crippen LogP contribution is -2.32. The first-order chi connectivity index (χ1) is 10.00. The first-order valence-corrected chi connectivity index (χ1v) is 7.79. The van der Waals surface area contributed by atoms with Gasteiger partial charge in [0.05, 0.1) is 12.7 Å². The van der Waals surface area contributed by atoms with Crippen LogP contribution in [0.2, 0.25) is 0 Å². The fourth-order valence-electron chi connectivity index (χ4n) is 3.50. The largest absolute Gasteiger partial charge is 0.384 e. The molecule has 2 nitrogen and oxygen atoms in total. The van der Waals surface area contributed by atoms with Gasteiger partial charge >= 0.3 is 0 Å². The van der Waals surface area contributed by atoms with E-state index in [0.717, 1.165) is 29.9 Å². The fraction of sp³-hybridized carbons (Fsp3) is 0.579. The SMILES string of the molecule is CC1CC(OCc2ccccc2C#CCO)CC(C)(C)C1. The van der Waals surface area contributed by atoms with E-state index in [4.69, 9.17) is 9.84 Å². The zero-order chi connectivity index (χ0) is 15.3.